The van der Waals surface area contributed by atoms with Crippen molar-refractivity contribution in [3.63, 3.8) is 0 Å². The average molecular weight is 593 g/mol. The molecule has 0 unspecified atom stereocenters. The molecule has 0 aliphatic rings. The molecule has 0 fully saturated rings. The lowest BCUT2D eigenvalue weighted by atomic mass is 9.99. The summed E-state index contributed by atoms with van der Waals surface area (Å²) in [6.45, 7) is 0. The maximum Gasteiger partial charge on any atom is 0.0646 e. The lowest BCUT2D eigenvalue weighted by Gasteiger charge is -2.26. The van der Waals surface area contributed by atoms with Gasteiger partial charge in [0.2, 0.25) is 0 Å². The van der Waals surface area contributed by atoms with Crippen molar-refractivity contribution in [2.75, 3.05) is 4.90 Å². The highest BCUT2D eigenvalue weighted by molar-refractivity contribution is 7.26. The topological polar surface area (TPSA) is 8.17 Å². The van der Waals surface area contributed by atoms with Crippen LogP contribution in [0.4, 0.5) is 17.1 Å². The number of hydrogen-bond acceptors (Lipinski definition) is 2. The van der Waals surface area contributed by atoms with E-state index >= 15 is 0 Å². The number of fused-ring (bicyclic) bond motifs is 6. The van der Waals surface area contributed by atoms with E-state index in [0.717, 1.165) is 11.4 Å². The lowest BCUT2D eigenvalue weighted by Crippen LogP contribution is -2.10. The molecule has 3 heteroatoms. The van der Waals surface area contributed by atoms with E-state index in [2.05, 4.69) is 179 Å². The molecule has 2 aromatic heterocycles. The minimum absolute atomic E-state index is 1.14. The van der Waals surface area contributed by atoms with Crippen LogP contribution in [0.1, 0.15) is 0 Å². The summed E-state index contributed by atoms with van der Waals surface area (Å²) in [4.78, 5) is 2.40. The van der Waals surface area contributed by atoms with Crippen LogP contribution in [0.2, 0.25) is 0 Å². The van der Waals surface area contributed by atoms with E-state index < -0.39 is 0 Å². The molecular weight excluding hydrogens is 565 g/mol. The Morgan fingerprint density at radius 2 is 1.00 bits per heavy atom. The summed E-state index contributed by atoms with van der Waals surface area (Å²) in [6, 6.07) is 61.4. The van der Waals surface area contributed by atoms with Gasteiger partial charge < -0.3 is 9.47 Å². The second-order valence-corrected chi connectivity index (χ2v) is 12.4. The van der Waals surface area contributed by atoms with Gasteiger partial charge in [0, 0.05) is 43.3 Å². The van der Waals surface area contributed by atoms with E-state index in [1.54, 1.807) is 0 Å². The fraction of sp³-hybridized carbons (Fsp3) is 0. The van der Waals surface area contributed by atoms with Crippen molar-refractivity contribution < 1.29 is 0 Å². The molecule has 0 saturated carbocycles. The van der Waals surface area contributed by atoms with E-state index in [1.807, 2.05) is 11.3 Å². The largest absolute Gasteiger partial charge is 0.309 e. The van der Waals surface area contributed by atoms with Crippen LogP contribution in [0.3, 0.4) is 0 Å². The van der Waals surface area contributed by atoms with Gasteiger partial charge in [-0.1, -0.05) is 97.1 Å². The minimum atomic E-state index is 1.14. The first kappa shape index (κ1) is 25.8. The summed E-state index contributed by atoms with van der Waals surface area (Å²) in [5.74, 6) is 0. The van der Waals surface area contributed by atoms with Gasteiger partial charge in [-0.3, -0.25) is 0 Å². The molecule has 0 spiro atoms. The predicted octanol–water partition coefficient (Wildman–Crippen LogP) is 12.3. The van der Waals surface area contributed by atoms with Crippen LogP contribution in [0, 0.1) is 0 Å². The van der Waals surface area contributed by atoms with Crippen LogP contribution in [-0.2, 0) is 0 Å². The van der Waals surface area contributed by atoms with Crippen molar-refractivity contribution >= 4 is 70.4 Å². The summed E-state index contributed by atoms with van der Waals surface area (Å²) in [5, 5.41) is 5.10. The second kappa shape index (κ2) is 10.5. The van der Waals surface area contributed by atoms with Crippen LogP contribution in [-0.4, -0.2) is 4.57 Å². The first-order valence-electron chi connectivity index (χ1n) is 15.3. The van der Waals surface area contributed by atoms with Crippen molar-refractivity contribution in [2.45, 2.75) is 0 Å². The third-order valence-electron chi connectivity index (χ3n) is 8.75. The molecular formula is C42H28N2S. The average Bonchev–Trinajstić information content (AvgIpc) is 3.65. The molecule has 0 saturated heterocycles. The number of benzene rings is 7. The number of aromatic nitrogens is 1. The maximum absolute atomic E-state index is 2.40. The highest BCUT2D eigenvalue weighted by atomic mass is 32.1. The molecule has 2 nitrogen and oxygen atoms in total. The standard InChI is InChI=1S/C42H28N2S/c1-4-14-31(15-5-1)43(32-16-6-2-7-17-32)40-28-30(27-37-35-21-11-13-23-41(35)45-42(37)40)29-24-25-39-36(26-29)34-20-10-12-22-38(34)44(39)33-18-8-3-9-19-33/h1-28H. The van der Waals surface area contributed by atoms with Gasteiger partial charge in [-0.25, -0.2) is 0 Å². The van der Waals surface area contributed by atoms with Crippen LogP contribution < -0.4 is 4.90 Å². The Balaban J connectivity index is 1.33. The van der Waals surface area contributed by atoms with E-state index in [4.69, 9.17) is 0 Å². The van der Waals surface area contributed by atoms with Gasteiger partial charge in [0.15, 0.2) is 0 Å². The fourth-order valence-electron chi connectivity index (χ4n) is 6.73. The summed E-state index contributed by atoms with van der Waals surface area (Å²) < 4.78 is 4.96. The van der Waals surface area contributed by atoms with Crippen LogP contribution >= 0.6 is 11.3 Å². The van der Waals surface area contributed by atoms with Crippen molar-refractivity contribution in [1.29, 1.82) is 0 Å². The SMILES string of the molecule is c1ccc(N(c2ccccc2)c2cc(-c3ccc4c(c3)c3ccccc3n4-c3ccccc3)cc3c2sc2ccccc23)cc1. The fourth-order valence-corrected chi connectivity index (χ4v) is 7.92. The zero-order chi connectivity index (χ0) is 29.7. The molecule has 0 atom stereocenters. The van der Waals surface area contributed by atoms with Gasteiger partial charge in [-0.2, -0.15) is 0 Å². The Bertz CT molecular complexity index is 2440. The predicted molar refractivity (Wildman–Crippen MR) is 194 cm³/mol. The number of hydrogen-bond donors (Lipinski definition) is 0. The molecule has 0 radical (unpaired) electrons. The van der Waals surface area contributed by atoms with Crippen LogP contribution in [0.5, 0.6) is 0 Å². The van der Waals surface area contributed by atoms with E-state index in [-0.39, 0.29) is 0 Å². The molecule has 0 N–H and O–H groups in total. The van der Waals surface area contributed by atoms with Crippen LogP contribution in [0.25, 0.3) is 58.8 Å². The van der Waals surface area contributed by atoms with E-state index in [0.29, 0.717) is 0 Å². The number of rotatable bonds is 5. The third kappa shape index (κ3) is 4.24. The smallest absolute Gasteiger partial charge is 0.0646 e. The third-order valence-corrected chi connectivity index (χ3v) is 9.96. The molecule has 45 heavy (non-hydrogen) atoms. The van der Waals surface area contributed by atoms with Crippen molar-refractivity contribution in [1.82, 2.24) is 4.57 Å². The number of anilines is 3. The molecule has 7 aromatic carbocycles. The number of para-hydroxylation sites is 4. The van der Waals surface area contributed by atoms with Crippen molar-refractivity contribution in [2.24, 2.45) is 0 Å². The number of thiophene rings is 1. The Morgan fingerprint density at radius 1 is 0.422 bits per heavy atom. The summed E-state index contributed by atoms with van der Waals surface area (Å²) >= 11 is 1.87. The monoisotopic (exact) mass is 592 g/mol. The number of nitrogens with zero attached hydrogens (tertiary/aromatic N) is 2. The highest BCUT2D eigenvalue weighted by Crippen LogP contribution is 2.47. The quantitative estimate of drug-likeness (QED) is 0.193. The molecule has 0 bridgehead atoms. The normalized spacial score (nSPS) is 11.6. The first-order valence-corrected chi connectivity index (χ1v) is 16.1. The Labute approximate surface area is 265 Å². The molecule has 0 aliphatic heterocycles. The molecule has 0 amide bonds. The van der Waals surface area contributed by atoms with Gasteiger partial charge >= 0.3 is 0 Å². The zero-order valence-corrected chi connectivity index (χ0v) is 25.3. The molecule has 212 valence electrons. The molecule has 2 heterocycles. The maximum atomic E-state index is 2.40. The van der Waals surface area contributed by atoms with Crippen LogP contribution in [0.15, 0.2) is 170 Å². The summed E-state index contributed by atoms with van der Waals surface area (Å²) in [6.07, 6.45) is 0. The molecule has 0 aliphatic carbocycles. The lowest BCUT2D eigenvalue weighted by molar-refractivity contribution is 1.18. The van der Waals surface area contributed by atoms with Crippen molar-refractivity contribution in [3.8, 4) is 16.8 Å². The summed E-state index contributed by atoms with van der Waals surface area (Å²) in [7, 11) is 0. The molecule has 9 rings (SSSR count). The Kier molecular flexibility index (Phi) is 6.03. The van der Waals surface area contributed by atoms with E-state index in [9.17, 15) is 0 Å². The van der Waals surface area contributed by atoms with Gasteiger partial charge in [0.25, 0.3) is 0 Å². The van der Waals surface area contributed by atoms with E-state index in [1.165, 1.54) is 64.5 Å². The highest BCUT2D eigenvalue weighted by Gasteiger charge is 2.20. The summed E-state index contributed by atoms with van der Waals surface area (Å²) in [5.41, 5.74) is 9.48. The van der Waals surface area contributed by atoms with Gasteiger partial charge in [0.05, 0.1) is 21.4 Å². The van der Waals surface area contributed by atoms with Gasteiger partial charge in [-0.05, 0) is 83.9 Å². The van der Waals surface area contributed by atoms with Gasteiger partial charge in [-0.15, -0.1) is 11.3 Å². The molecule has 9 aromatic rings. The Morgan fingerprint density at radius 3 is 1.73 bits per heavy atom. The van der Waals surface area contributed by atoms with Gasteiger partial charge in [0.1, 0.15) is 0 Å². The second-order valence-electron chi connectivity index (χ2n) is 11.4. The van der Waals surface area contributed by atoms with Crippen molar-refractivity contribution in [3.05, 3.63) is 170 Å². The first-order chi connectivity index (χ1) is 22.3. The zero-order valence-electron chi connectivity index (χ0n) is 24.5. The Hall–Kier alpha value is -5.64. The minimum Gasteiger partial charge on any atom is -0.309 e.